The lowest BCUT2D eigenvalue weighted by molar-refractivity contribution is -0.114. The number of anilines is 1. The molecule has 0 atom stereocenters. The second-order valence-corrected chi connectivity index (χ2v) is 7.02. The third kappa shape index (κ3) is 4.28. The number of hydrogen-bond donors (Lipinski definition) is 1. The van der Waals surface area contributed by atoms with Crippen molar-refractivity contribution in [3.63, 3.8) is 0 Å². The summed E-state index contributed by atoms with van der Waals surface area (Å²) >= 11 is 0. The van der Waals surface area contributed by atoms with Gasteiger partial charge in [0.2, 0.25) is 5.91 Å². The first-order valence-electron chi connectivity index (χ1n) is 9.38. The van der Waals surface area contributed by atoms with Crippen LogP contribution >= 0.6 is 0 Å². The molecule has 1 N–H and O–H groups in total. The minimum absolute atomic E-state index is 0.165. The Morgan fingerprint density at radius 1 is 1.13 bits per heavy atom. The van der Waals surface area contributed by atoms with Gasteiger partial charge in [0.15, 0.2) is 0 Å². The molecule has 8 heteroatoms. The van der Waals surface area contributed by atoms with E-state index in [1.165, 1.54) is 37.3 Å². The van der Waals surface area contributed by atoms with Crippen LogP contribution in [-0.2, 0) is 16.1 Å². The molecule has 0 spiro atoms. The number of nitrogens with zero attached hydrogens (tertiary/aromatic N) is 1. The van der Waals surface area contributed by atoms with Crippen molar-refractivity contribution in [3.05, 3.63) is 81.6 Å². The van der Waals surface area contributed by atoms with Gasteiger partial charge < -0.3 is 14.5 Å². The number of benzene rings is 2. The van der Waals surface area contributed by atoms with Crippen LogP contribution in [0, 0.1) is 12.7 Å². The standard InChI is InChI=1S/C23H17FN2O5/c1-12-19(7-14-3-4-16(24)9-20(14)25-12)23(29)30-11-15-8-22(28)31-21-10-17(26-13(2)27)5-6-18(15)21/h3-10H,11H2,1-2H3,(H,26,27). The summed E-state index contributed by atoms with van der Waals surface area (Å²) in [5, 5.41) is 3.80. The Hall–Kier alpha value is -4.07. The van der Waals surface area contributed by atoms with E-state index in [0.29, 0.717) is 33.2 Å². The number of aromatic nitrogens is 1. The monoisotopic (exact) mass is 420 g/mol. The molecule has 2 heterocycles. The zero-order valence-electron chi connectivity index (χ0n) is 16.7. The Morgan fingerprint density at radius 2 is 1.94 bits per heavy atom. The lowest BCUT2D eigenvalue weighted by Gasteiger charge is -2.10. The number of rotatable bonds is 4. The van der Waals surface area contributed by atoms with Crippen LogP contribution in [0.1, 0.15) is 28.5 Å². The Kier molecular flexibility index (Phi) is 5.21. The van der Waals surface area contributed by atoms with Gasteiger partial charge >= 0.3 is 11.6 Å². The molecule has 0 saturated carbocycles. The fraction of sp³-hybridized carbons (Fsp3) is 0.130. The number of fused-ring (bicyclic) bond motifs is 2. The van der Waals surface area contributed by atoms with Crippen molar-refractivity contribution < 1.29 is 23.1 Å². The molecule has 0 fully saturated rings. The quantitative estimate of drug-likeness (QED) is 0.394. The van der Waals surface area contributed by atoms with Gasteiger partial charge in [0.05, 0.1) is 16.8 Å². The molecule has 0 aliphatic rings. The van der Waals surface area contributed by atoms with Crippen molar-refractivity contribution in [2.24, 2.45) is 0 Å². The van der Waals surface area contributed by atoms with Gasteiger partial charge in [0.1, 0.15) is 18.0 Å². The molecule has 0 bridgehead atoms. The molecular weight excluding hydrogens is 403 g/mol. The van der Waals surface area contributed by atoms with Crippen LogP contribution < -0.4 is 10.9 Å². The van der Waals surface area contributed by atoms with E-state index >= 15 is 0 Å². The maximum Gasteiger partial charge on any atom is 0.340 e. The van der Waals surface area contributed by atoms with Crippen LogP contribution in [0.5, 0.6) is 0 Å². The van der Waals surface area contributed by atoms with Gasteiger partial charge in [0, 0.05) is 47.1 Å². The third-order valence-electron chi connectivity index (χ3n) is 4.70. The van der Waals surface area contributed by atoms with Crippen LogP contribution in [0.2, 0.25) is 0 Å². The molecule has 31 heavy (non-hydrogen) atoms. The first-order valence-corrected chi connectivity index (χ1v) is 9.38. The Labute approximate surface area is 175 Å². The zero-order valence-corrected chi connectivity index (χ0v) is 16.7. The predicted octanol–water partition coefficient (Wildman–Crippen LogP) is 4.10. The van der Waals surface area contributed by atoms with Crippen LogP contribution in [0.15, 0.2) is 57.7 Å². The van der Waals surface area contributed by atoms with Crippen molar-refractivity contribution in [2.45, 2.75) is 20.5 Å². The highest BCUT2D eigenvalue weighted by Gasteiger charge is 2.15. The number of aryl methyl sites for hydroxylation is 1. The molecule has 7 nitrogen and oxygen atoms in total. The number of pyridine rings is 1. The van der Waals surface area contributed by atoms with E-state index in [-0.39, 0.29) is 23.7 Å². The summed E-state index contributed by atoms with van der Waals surface area (Å²) in [6, 6.07) is 11.8. The van der Waals surface area contributed by atoms with E-state index in [1.807, 2.05) is 0 Å². The second-order valence-electron chi connectivity index (χ2n) is 7.02. The summed E-state index contributed by atoms with van der Waals surface area (Å²) < 4.78 is 24.0. The Bertz CT molecular complexity index is 1410. The number of halogens is 1. The van der Waals surface area contributed by atoms with Gasteiger partial charge in [-0.25, -0.2) is 14.0 Å². The van der Waals surface area contributed by atoms with E-state index < -0.39 is 17.4 Å². The van der Waals surface area contributed by atoms with E-state index in [1.54, 1.807) is 25.1 Å². The number of amides is 1. The predicted molar refractivity (Wildman–Crippen MR) is 112 cm³/mol. The number of carbonyl (C=O) groups excluding carboxylic acids is 2. The van der Waals surface area contributed by atoms with Gasteiger partial charge in [0.25, 0.3) is 0 Å². The van der Waals surface area contributed by atoms with Crippen LogP contribution in [0.25, 0.3) is 21.9 Å². The summed E-state index contributed by atoms with van der Waals surface area (Å²) in [6.07, 6.45) is 0. The molecule has 2 aromatic carbocycles. The smallest absolute Gasteiger partial charge is 0.340 e. The maximum absolute atomic E-state index is 13.4. The summed E-state index contributed by atoms with van der Waals surface area (Å²) in [7, 11) is 0. The summed E-state index contributed by atoms with van der Waals surface area (Å²) in [4.78, 5) is 40.1. The molecule has 2 aromatic heterocycles. The van der Waals surface area contributed by atoms with Crippen molar-refractivity contribution >= 4 is 39.4 Å². The van der Waals surface area contributed by atoms with E-state index in [2.05, 4.69) is 10.3 Å². The summed E-state index contributed by atoms with van der Waals surface area (Å²) in [5.74, 6) is -1.28. The largest absolute Gasteiger partial charge is 0.457 e. The van der Waals surface area contributed by atoms with Gasteiger partial charge in [-0.15, -0.1) is 0 Å². The first-order chi connectivity index (χ1) is 14.8. The SMILES string of the molecule is CC(=O)Nc1ccc2c(COC(=O)c3cc4ccc(F)cc4nc3C)cc(=O)oc2c1. The maximum atomic E-state index is 13.4. The Balaban J connectivity index is 1.61. The van der Waals surface area contributed by atoms with E-state index in [9.17, 15) is 18.8 Å². The van der Waals surface area contributed by atoms with Crippen LogP contribution in [0.3, 0.4) is 0 Å². The lowest BCUT2D eigenvalue weighted by Crippen LogP contribution is -2.10. The zero-order chi connectivity index (χ0) is 22.1. The highest BCUT2D eigenvalue weighted by molar-refractivity contribution is 5.95. The number of nitrogens with one attached hydrogen (secondary N) is 1. The normalized spacial score (nSPS) is 10.9. The second kappa shape index (κ2) is 7.98. The van der Waals surface area contributed by atoms with Gasteiger partial charge in [-0.3, -0.25) is 9.78 Å². The van der Waals surface area contributed by atoms with E-state index in [4.69, 9.17) is 9.15 Å². The van der Waals surface area contributed by atoms with Crippen molar-refractivity contribution in [3.8, 4) is 0 Å². The molecule has 0 saturated heterocycles. The van der Waals surface area contributed by atoms with Crippen molar-refractivity contribution in [1.29, 1.82) is 0 Å². The topological polar surface area (TPSA) is 98.5 Å². The fourth-order valence-corrected chi connectivity index (χ4v) is 3.29. The number of hydrogen-bond acceptors (Lipinski definition) is 6. The van der Waals surface area contributed by atoms with Gasteiger partial charge in [-0.2, -0.15) is 0 Å². The van der Waals surface area contributed by atoms with Gasteiger partial charge in [-0.1, -0.05) is 0 Å². The highest BCUT2D eigenvalue weighted by atomic mass is 19.1. The highest BCUT2D eigenvalue weighted by Crippen LogP contribution is 2.23. The molecule has 0 aliphatic carbocycles. The van der Waals surface area contributed by atoms with E-state index in [0.717, 1.165) is 0 Å². The first kappa shape index (κ1) is 20.2. The molecule has 0 unspecified atom stereocenters. The number of esters is 1. The molecule has 4 rings (SSSR count). The molecule has 156 valence electrons. The van der Waals surface area contributed by atoms with Crippen molar-refractivity contribution in [1.82, 2.24) is 4.98 Å². The number of carbonyl (C=O) groups is 2. The fourth-order valence-electron chi connectivity index (χ4n) is 3.29. The Morgan fingerprint density at radius 3 is 2.71 bits per heavy atom. The minimum atomic E-state index is -0.618. The van der Waals surface area contributed by atoms with Crippen molar-refractivity contribution in [2.75, 3.05) is 5.32 Å². The third-order valence-corrected chi connectivity index (χ3v) is 4.70. The average molecular weight is 420 g/mol. The summed E-state index contributed by atoms with van der Waals surface area (Å²) in [6.45, 7) is 2.84. The average Bonchev–Trinajstić information content (AvgIpc) is 2.70. The van der Waals surface area contributed by atoms with Crippen LogP contribution in [0.4, 0.5) is 10.1 Å². The van der Waals surface area contributed by atoms with Crippen LogP contribution in [-0.4, -0.2) is 16.9 Å². The molecule has 0 radical (unpaired) electrons. The minimum Gasteiger partial charge on any atom is -0.457 e. The van der Waals surface area contributed by atoms with Gasteiger partial charge in [-0.05, 0) is 37.3 Å². The number of ether oxygens (including phenoxy) is 1. The molecule has 4 aromatic rings. The summed E-state index contributed by atoms with van der Waals surface area (Å²) in [5.41, 5.74) is 1.68. The molecule has 0 aliphatic heterocycles. The molecule has 1 amide bonds. The lowest BCUT2D eigenvalue weighted by atomic mass is 10.1. The molecular formula is C23H17FN2O5.